The normalized spacial score (nSPS) is 11.2. The molecule has 23 heavy (non-hydrogen) atoms. The summed E-state index contributed by atoms with van der Waals surface area (Å²) in [4.78, 5) is 8.49. The maximum atomic E-state index is 6.06. The molecule has 4 rings (SSSR count). The van der Waals surface area contributed by atoms with Gasteiger partial charge in [-0.3, -0.25) is 0 Å². The average Bonchev–Trinajstić information content (AvgIpc) is 2.88. The van der Waals surface area contributed by atoms with E-state index in [1.807, 2.05) is 12.1 Å². The molecule has 0 amide bonds. The number of hydrogen-bond acceptors (Lipinski definition) is 6. The van der Waals surface area contributed by atoms with Gasteiger partial charge in [0.1, 0.15) is 11.1 Å². The molecule has 6 nitrogen and oxygen atoms in total. The predicted molar refractivity (Wildman–Crippen MR) is 92.9 cm³/mol. The quantitative estimate of drug-likeness (QED) is 0.381. The highest BCUT2D eigenvalue weighted by Gasteiger charge is 2.15. The third kappa shape index (κ3) is 2.39. The Kier molecular flexibility index (Phi) is 2.99. The van der Waals surface area contributed by atoms with Gasteiger partial charge in [0.25, 0.3) is 0 Å². The molecule has 2 aromatic heterocycles. The van der Waals surface area contributed by atoms with Crippen LogP contribution in [0.25, 0.3) is 22.1 Å². The largest absolute Gasteiger partial charge is 0.450 e. The van der Waals surface area contributed by atoms with Gasteiger partial charge in [0, 0.05) is 22.4 Å². The van der Waals surface area contributed by atoms with Gasteiger partial charge >= 0.3 is 0 Å². The highest BCUT2D eigenvalue weighted by Crippen LogP contribution is 2.34. The van der Waals surface area contributed by atoms with Crippen LogP contribution < -0.4 is 16.8 Å². The second kappa shape index (κ2) is 5.03. The molecule has 5 N–H and O–H groups in total. The smallest absolute Gasteiger partial charge is 0.225 e. The molecule has 0 aliphatic carbocycles. The van der Waals surface area contributed by atoms with Crippen LogP contribution in [0.5, 0.6) is 0 Å². The van der Waals surface area contributed by atoms with Crippen molar-refractivity contribution < 1.29 is 4.42 Å². The zero-order chi connectivity index (χ0) is 16.0. The van der Waals surface area contributed by atoms with Gasteiger partial charge in [-0.25, -0.2) is 4.98 Å². The predicted octanol–water partition coefficient (Wildman–Crippen LogP) is 3.94. The number of nitrogens with two attached hydrogens (primary N) is 2. The number of nitrogen functional groups attached to an aromatic ring is 2. The Bertz CT molecular complexity index is 1030. The van der Waals surface area contributed by atoms with E-state index in [4.69, 9.17) is 27.5 Å². The summed E-state index contributed by atoms with van der Waals surface area (Å²) in [5, 5.41) is 4.10. The van der Waals surface area contributed by atoms with Gasteiger partial charge in [-0.1, -0.05) is 0 Å². The van der Waals surface area contributed by atoms with Crippen LogP contribution in [0.15, 0.2) is 46.9 Å². The van der Waals surface area contributed by atoms with Crippen molar-refractivity contribution in [2.75, 3.05) is 16.8 Å². The highest BCUT2D eigenvalue weighted by atomic mass is 35.5. The lowest BCUT2D eigenvalue weighted by Gasteiger charge is -2.06. The summed E-state index contributed by atoms with van der Waals surface area (Å²) >= 11 is 6.06. The summed E-state index contributed by atoms with van der Waals surface area (Å²) in [5.74, 6) is 0.486. The molecule has 7 heteroatoms. The summed E-state index contributed by atoms with van der Waals surface area (Å²) in [6.07, 6.45) is 0. The Morgan fingerprint density at radius 2 is 1.70 bits per heavy atom. The van der Waals surface area contributed by atoms with E-state index in [0.717, 1.165) is 11.1 Å². The number of nitrogens with one attached hydrogen (secondary N) is 1. The van der Waals surface area contributed by atoms with Crippen molar-refractivity contribution in [3.63, 3.8) is 0 Å². The van der Waals surface area contributed by atoms with E-state index in [0.29, 0.717) is 33.9 Å². The van der Waals surface area contributed by atoms with Gasteiger partial charge in [0.15, 0.2) is 11.4 Å². The number of halogens is 1. The minimum absolute atomic E-state index is 0.126. The van der Waals surface area contributed by atoms with Crippen molar-refractivity contribution in [2.45, 2.75) is 0 Å². The Morgan fingerprint density at radius 1 is 0.957 bits per heavy atom. The number of hydrogen-bond donors (Lipinski definition) is 3. The molecule has 2 heterocycles. The van der Waals surface area contributed by atoms with E-state index in [2.05, 4.69) is 15.3 Å². The van der Waals surface area contributed by atoms with Gasteiger partial charge in [-0.15, -0.1) is 0 Å². The topological polar surface area (TPSA) is 103 Å². The zero-order valence-corrected chi connectivity index (χ0v) is 12.6. The van der Waals surface area contributed by atoms with Gasteiger partial charge in [-0.05, 0) is 54.1 Å². The van der Waals surface area contributed by atoms with Crippen LogP contribution in [-0.2, 0) is 0 Å². The van der Waals surface area contributed by atoms with Crippen LogP contribution >= 0.6 is 11.6 Å². The molecular weight excluding hydrogens is 314 g/mol. The lowest BCUT2D eigenvalue weighted by Crippen LogP contribution is -1.96. The second-order valence-electron chi connectivity index (χ2n) is 5.12. The van der Waals surface area contributed by atoms with Crippen molar-refractivity contribution in [1.82, 2.24) is 9.97 Å². The fourth-order valence-electron chi connectivity index (χ4n) is 2.42. The Hall–Kier alpha value is -2.99. The van der Waals surface area contributed by atoms with Crippen LogP contribution in [0.3, 0.4) is 0 Å². The maximum absolute atomic E-state index is 6.06. The summed E-state index contributed by atoms with van der Waals surface area (Å²) in [6.45, 7) is 0. The van der Waals surface area contributed by atoms with Gasteiger partial charge in [0.2, 0.25) is 5.28 Å². The Balaban J connectivity index is 1.91. The maximum Gasteiger partial charge on any atom is 0.225 e. The van der Waals surface area contributed by atoms with E-state index in [9.17, 15) is 0 Å². The molecule has 0 saturated carbocycles. The van der Waals surface area contributed by atoms with Crippen LogP contribution in [0.2, 0.25) is 5.28 Å². The number of fused-ring (bicyclic) bond motifs is 3. The Morgan fingerprint density at radius 3 is 2.48 bits per heavy atom. The molecule has 114 valence electrons. The van der Waals surface area contributed by atoms with Crippen molar-refractivity contribution in [3.05, 3.63) is 47.7 Å². The van der Waals surface area contributed by atoms with Crippen molar-refractivity contribution in [2.24, 2.45) is 0 Å². The number of benzene rings is 2. The third-order valence-corrected chi connectivity index (χ3v) is 3.65. The summed E-state index contributed by atoms with van der Waals surface area (Å²) < 4.78 is 5.86. The molecule has 0 fully saturated rings. The molecule has 0 saturated heterocycles. The minimum atomic E-state index is 0.126. The van der Waals surface area contributed by atoms with Gasteiger partial charge in [0.05, 0.1) is 0 Å². The minimum Gasteiger partial charge on any atom is -0.450 e. The zero-order valence-electron chi connectivity index (χ0n) is 11.9. The van der Waals surface area contributed by atoms with E-state index >= 15 is 0 Å². The van der Waals surface area contributed by atoms with Crippen LogP contribution in [0.4, 0.5) is 22.9 Å². The first-order valence-corrected chi connectivity index (χ1v) is 7.26. The molecule has 0 aliphatic rings. The molecule has 4 aromatic rings. The first-order valence-electron chi connectivity index (χ1n) is 6.88. The van der Waals surface area contributed by atoms with E-state index < -0.39 is 0 Å². The first kappa shape index (κ1) is 13.7. The molecular formula is C16H12ClN5O. The average molecular weight is 326 g/mol. The molecule has 0 aliphatic heterocycles. The fourth-order valence-corrected chi connectivity index (χ4v) is 2.59. The third-order valence-electron chi connectivity index (χ3n) is 3.48. The number of anilines is 4. The monoisotopic (exact) mass is 325 g/mol. The van der Waals surface area contributed by atoms with E-state index in [1.54, 1.807) is 30.3 Å². The fraction of sp³-hybridized carbons (Fsp3) is 0. The van der Waals surface area contributed by atoms with E-state index in [1.165, 1.54) is 0 Å². The molecule has 0 bridgehead atoms. The van der Waals surface area contributed by atoms with Gasteiger partial charge < -0.3 is 21.2 Å². The highest BCUT2D eigenvalue weighted by molar-refractivity contribution is 6.29. The SMILES string of the molecule is Nc1ccc(Nc2nc(Cl)nc3c2oc2ccc(N)cc23)cc1. The Labute approximate surface area is 136 Å². The first-order chi connectivity index (χ1) is 11.1. The number of rotatable bonds is 2. The number of furan rings is 1. The summed E-state index contributed by atoms with van der Waals surface area (Å²) in [6, 6.07) is 12.6. The van der Waals surface area contributed by atoms with Crippen molar-refractivity contribution >= 4 is 56.5 Å². The lowest BCUT2D eigenvalue weighted by molar-refractivity contribution is 0.667. The van der Waals surface area contributed by atoms with Crippen LogP contribution in [-0.4, -0.2) is 9.97 Å². The van der Waals surface area contributed by atoms with Crippen molar-refractivity contribution in [1.29, 1.82) is 0 Å². The molecule has 0 atom stereocenters. The molecule has 2 aromatic carbocycles. The lowest BCUT2D eigenvalue weighted by atomic mass is 10.2. The van der Waals surface area contributed by atoms with Crippen LogP contribution in [0.1, 0.15) is 0 Å². The van der Waals surface area contributed by atoms with E-state index in [-0.39, 0.29) is 5.28 Å². The molecule has 0 unspecified atom stereocenters. The molecule has 0 radical (unpaired) electrons. The van der Waals surface area contributed by atoms with Crippen LogP contribution in [0, 0.1) is 0 Å². The molecule has 0 spiro atoms. The number of nitrogens with zero attached hydrogens (tertiary/aromatic N) is 2. The van der Waals surface area contributed by atoms with Crippen molar-refractivity contribution in [3.8, 4) is 0 Å². The summed E-state index contributed by atoms with van der Waals surface area (Å²) in [5.41, 5.74) is 15.5. The summed E-state index contributed by atoms with van der Waals surface area (Å²) in [7, 11) is 0. The standard InChI is InChI=1S/C16H12ClN5O/c17-16-21-13-11-7-9(19)3-6-12(11)23-14(13)15(22-16)20-10-4-1-8(18)2-5-10/h1-7H,18-19H2,(H,20,21,22). The number of aromatic nitrogens is 2. The van der Waals surface area contributed by atoms with Gasteiger partial charge in [-0.2, -0.15) is 4.98 Å². The second-order valence-corrected chi connectivity index (χ2v) is 5.46.